The Kier molecular flexibility index (Phi) is 3.61. The highest BCUT2D eigenvalue weighted by Gasteiger charge is 1.89. The molecule has 0 fully saturated rings. The molecule has 0 saturated heterocycles. The summed E-state index contributed by atoms with van der Waals surface area (Å²) in [5, 5.41) is 0.494. The van der Waals surface area contributed by atoms with Crippen LogP contribution in [0.1, 0.15) is 12.6 Å². The van der Waals surface area contributed by atoms with Crippen molar-refractivity contribution in [3.63, 3.8) is 0 Å². The smallest absolute Gasteiger partial charge is 0.129 e. The fourth-order valence-corrected chi connectivity index (χ4v) is 0.901. The summed E-state index contributed by atoms with van der Waals surface area (Å²) in [6.07, 6.45) is 3.38. The Balaban J connectivity index is 2.63. The number of hydrogen-bond donors (Lipinski definition) is 0. The van der Waals surface area contributed by atoms with E-state index in [4.69, 9.17) is 16.3 Å². The molecule has 0 radical (unpaired) electrons. The Bertz CT molecular complexity index is 273. The monoisotopic (exact) mass is 183 g/mol. The van der Waals surface area contributed by atoms with Gasteiger partial charge in [0.15, 0.2) is 0 Å². The second kappa shape index (κ2) is 4.78. The minimum atomic E-state index is 0.494. The number of ether oxygens (including phenoxy) is 1. The van der Waals surface area contributed by atoms with E-state index in [0.29, 0.717) is 11.8 Å². The Morgan fingerprint density at radius 3 is 3.08 bits per heavy atom. The summed E-state index contributed by atoms with van der Waals surface area (Å²) in [5.41, 5.74) is 0.802. The molecule has 1 rings (SSSR count). The van der Waals surface area contributed by atoms with E-state index in [0.717, 1.165) is 5.69 Å². The number of aromatic nitrogens is 1. The van der Waals surface area contributed by atoms with Crippen molar-refractivity contribution in [2.24, 2.45) is 0 Å². The van der Waals surface area contributed by atoms with Crippen molar-refractivity contribution in [1.29, 1.82) is 0 Å². The second-order valence-corrected chi connectivity index (χ2v) is 2.53. The molecule has 0 aromatic carbocycles. The van der Waals surface area contributed by atoms with Crippen molar-refractivity contribution in [2.45, 2.75) is 6.92 Å². The number of rotatable bonds is 3. The molecule has 0 aliphatic carbocycles. The third-order valence-electron chi connectivity index (χ3n) is 1.24. The average Bonchev–Trinajstić information content (AvgIpc) is 2.05. The van der Waals surface area contributed by atoms with Gasteiger partial charge in [-0.3, -0.25) is 0 Å². The van der Waals surface area contributed by atoms with Crippen LogP contribution in [-0.2, 0) is 4.74 Å². The average molecular weight is 184 g/mol. The fourth-order valence-electron chi connectivity index (χ4n) is 0.731. The third kappa shape index (κ3) is 2.93. The van der Waals surface area contributed by atoms with Crippen LogP contribution in [0.5, 0.6) is 0 Å². The molecular weight excluding hydrogens is 174 g/mol. The molecule has 12 heavy (non-hydrogen) atoms. The van der Waals surface area contributed by atoms with E-state index in [2.05, 4.69) is 4.98 Å². The van der Waals surface area contributed by atoms with Gasteiger partial charge in [-0.1, -0.05) is 17.7 Å². The van der Waals surface area contributed by atoms with Crippen LogP contribution in [0, 0.1) is 0 Å². The normalized spacial score (nSPS) is 10.5. The topological polar surface area (TPSA) is 22.1 Å². The highest BCUT2D eigenvalue weighted by Crippen LogP contribution is 2.06. The molecule has 64 valence electrons. The minimum absolute atomic E-state index is 0.494. The first-order chi connectivity index (χ1) is 5.83. The zero-order valence-electron chi connectivity index (χ0n) is 6.83. The summed E-state index contributed by atoms with van der Waals surface area (Å²) in [4.78, 5) is 4.04. The van der Waals surface area contributed by atoms with E-state index in [1.165, 1.54) is 0 Å². The van der Waals surface area contributed by atoms with E-state index in [-0.39, 0.29) is 0 Å². The second-order valence-electron chi connectivity index (χ2n) is 2.14. The zero-order valence-corrected chi connectivity index (χ0v) is 7.58. The first kappa shape index (κ1) is 9.07. The maximum atomic E-state index is 5.67. The Morgan fingerprint density at radius 2 is 2.42 bits per heavy atom. The first-order valence-corrected chi connectivity index (χ1v) is 4.11. The predicted molar refractivity (Wildman–Crippen MR) is 49.9 cm³/mol. The molecule has 0 bridgehead atoms. The Morgan fingerprint density at radius 1 is 1.58 bits per heavy atom. The van der Waals surface area contributed by atoms with E-state index >= 15 is 0 Å². The lowest BCUT2D eigenvalue weighted by Crippen LogP contribution is -1.81. The maximum absolute atomic E-state index is 5.67. The summed E-state index contributed by atoms with van der Waals surface area (Å²) < 4.78 is 5.01. The summed E-state index contributed by atoms with van der Waals surface area (Å²) in [7, 11) is 0. The Labute approximate surface area is 76.8 Å². The summed E-state index contributed by atoms with van der Waals surface area (Å²) in [6.45, 7) is 2.59. The molecule has 0 amide bonds. The van der Waals surface area contributed by atoms with Crippen LogP contribution in [0.3, 0.4) is 0 Å². The van der Waals surface area contributed by atoms with Crippen LogP contribution in [0.25, 0.3) is 6.08 Å². The molecule has 1 heterocycles. The molecule has 0 spiro atoms. The van der Waals surface area contributed by atoms with Gasteiger partial charge in [-0.2, -0.15) is 0 Å². The van der Waals surface area contributed by atoms with Gasteiger partial charge >= 0.3 is 0 Å². The minimum Gasteiger partial charge on any atom is -0.501 e. The molecule has 0 aliphatic heterocycles. The van der Waals surface area contributed by atoms with Crippen LogP contribution < -0.4 is 0 Å². The molecule has 0 saturated carbocycles. The molecule has 1 aromatic rings. The Hall–Kier alpha value is -1.02. The maximum Gasteiger partial charge on any atom is 0.129 e. The lowest BCUT2D eigenvalue weighted by Gasteiger charge is -1.94. The third-order valence-corrected chi connectivity index (χ3v) is 1.45. The summed E-state index contributed by atoms with van der Waals surface area (Å²) in [5.74, 6) is 0. The molecule has 2 nitrogen and oxygen atoms in total. The van der Waals surface area contributed by atoms with Crippen LogP contribution in [0.15, 0.2) is 24.5 Å². The molecule has 0 N–H and O–H groups in total. The number of hydrogen-bond acceptors (Lipinski definition) is 2. The molecule has 0 atom stereocenters. The lowest BCUT2D eigenvalue weighted by atomic mass is 10.3. The summed E-state index contributed by atoms with van der Waals surface area (Å²) in [6, 6.07) is 5.45. The van der Waals surface area contributed by atoms with Gasteiger partial charge in [0.25, 0.3) is 0 Å². The van der Waals surface area contributed by atoms with Crippen molar-refractivity contribution >= 4 is 17.7 Å². The SMILES string of the molecule is CCO/C=C/c1cccc(Cl)n1. The zero-order chi connectivity index (χ0) is 8.81. The van der Waals surface area contributed by atoms with Crippen molar-refractivity contribution in [3.05, 3.63) is 35.3 Å². The predicted octanol–water partition coefficient (Wildman–Crippen LogP) is 2.74. The molecule has 1 aromatic heterocycles. The van der Waals surface area contributed by atoms with Gasteiger partial charge in [0.1, 0.15) is 5.15 Å². The van der Waals surface area contributed by atoms with Crippen LogP contribution in [0.4, 0.5) is 0 Å². The van der Waals surface area contributed by atoms with Crippen LogP contribution >= 0.6 is 11.6 Å². The van der Waals surface area contributed by atoms with Gasteiger partial charge in [0.2, 0.25) is 0 Å². The molecule has 3 heteroatoms. The van der Waals surface area contributed by atoms with E-state index < -0.39 is 0 Å². The van der Waals surface area contributed by atoms with Gasteiger partial charge < -0.3 is 4.74 Å². The highest BCUT2D eigenvalue weighted by molar-refractivity contribution is 6.29. The number of halogens is 1. The standard InChI is InChI=1S/C9H10ClNO/c1-2-12-7-6-8-4-3-5-9(10)11-8/h3-7H,2H2,1H3/b7-6+. The van der Waals surface area contributed by atoms with Gasteiger partial charge in [0, 0.05) is 0 Å². The van der Waals surface area contributed by atoms with Gasteiger partial charge in [-0.15, -0.1) is 0 Å². The van der Waals surface area contributed by atoms with Crippen molar-refractivity contribution in [3.8, 4) is 0 Å². The number of nitrogens with zero attached hydrogens (tertiary/aromatic N) is 1. The van der Waals surface area contributed by atoms with E-state index in [1.54, 1.807) is 18.4 Å². The van der Waals surface area contributed by atoms with Gasteiger partial charge in [-0.05, 0) is 25.1 Å². The van der Waals surface area contributed by atoms with Gasteiger partial charge in [0.05, 0.1) is 18.6 Å². The highest BCUT2D eigenvalue weighted by atomic mass is 35.5. The number of pyridine rings is 1. The van der Waals surface area contributed by atoms with Gasteiger partial charge in [-0.25, -0.2) is 4.98 Å². The van der Waals surface area contributed by atoms with Crippen molar-refractivity contribution in [2.75, 3.05) is 6.61 Å². The lowest BCUT2D eigenvalue weighted by molar-refractivity contribution is 0.272. The van der Waals surface area contributed by atoms with E-state index in [9.17, 15) is 0 Å². The molecular formula is C9H10ClNO. The van der Waals surface area contributed by atoms with Crippen molar-refractivity contribution < 1.29 is 4.74 Å². The first-order valence-electron chi connectivity index (χ1n) is 3.73. The fraction of sp³-hybridized carbons (Fsp3) is 0.222. The van der Waals surface area contributed by atoms with Crippen molar-refractivity contribution in [1.82, 2.24) is 4.98 Å². The van der Waals surface area contributed by atoms with Crippen LogP contribution in [0.2, 0.25) is 5.15 Å². The van der Waals surface area contributed by atoms with E-state index in [1.807, 2.05) is 19.1 Å². The largest absolute Gasteiger partial charge is 0.501 e. The molecule has 0 aliphatic rings. The van der Waals surface area contributed by atoms with Crippen LogP contribution in [-0.4, -0.2) is 11.6 Å². The quantitative estimate of drug-likeness (QED) is 0.531. The summed E-state index contributed by atoms with van der Waals surface area (Å²) >= 11 is 5.67. The molecule has 0 unspecified atom stereocenters.